The van der Waals surface area contributed by atoms with Crippen LogP contribution in [0.1, 0.15) is 123 Å². The van der Waals surface area contributed by atoms with Crippen molar-refractivity contribution >= 4 is 11.7 Å². The molecule has 274 valence electrons. The number of carbonyl (C=O) groups excluding carboxylic acids is 1. The van der Waals surface area contributed by atoms with Gasteiger partial charge in [0.1, 0.15) is 28.5 Å². The predicted molar refractivity (Wildman–Crippen MR) is 185 cm³/mol. The Morgan fingerprint density at radius 1 is 0.720 bits per heavy atom. The van der Waals surface area contributed by atoms with Gasteiger partial charge in [0.05, 0.1) is 29.6 Å². The Morgan fingerprint density at radius 3 is 1.88 bits per heavy atom. The Morgan fingerprint density at radius 2 is 1.28 bits per heavy atom. The van der Waals surface area contributed by atoms with Gasteiger partial charge in [-0.1, -0.05) is 51.0 Å². The number of rotatable bonds is 5. The fourth-order valence-electron chi connectivity index (χ4n) is 12.8. The zero-order valence-corrected chi connectivity index (χ0v) is 30.8. The Labute approximate surface area is 297 Å². The van der Waals surface area contributed by atoms with E-state index in [4.69, 9.17) is 39.0 Å². The average Bonchev–Trinajstić information content (AvgIpc) is 3.48. The monoisotopic (exact) mass is 691 g/mol. The maximum atomic E-state index is 13.3. The molecular weight excluding hydrogens is 634 g/mol. The van der Waals surface area contributed by atoms with E-state index < -0.39 is 17.2 Å². The number of nitrogens with zero attached hydrogens (tertiary/aromatic N) is 1. The fourth-order valence-corrected chi connectivity index (χ4v) is 12.8. The van der Waals surface area contributed by atoms with Crippen LogP contribution >= 0.6 is 0 Å². The van der Waals surface area contributed by atoms with Crippen LogP contribution in [-0.2, 0) is 33.9 Å². The molecule has 6 heterocycles. The molecule has 10 aliphatic rings. The predicted octanol–water partition coefficient (Wildman–Crippen LogP) is 8.01. The minimum Gasteiger partial charge on any atom is -0.371 e. The minimum atomic E-state index is -0.476. The van der Waals surface area contributed by atoms with Crippen LogP contribution in [0.5, 0.6) is 0 Å². The Bertz CT molecular complexity index is 1500. The zero-order chi connectivity index (χ0) is 34.6. The smallest absolute Gasteiger partial charge is 0.365 e. The average molecular weight is 692 g/mol. The van der Waals surface area contributed by atoms with E-state index in [0.717, 1.165) is 63.5 Å². The van der Waals surface area contributed by atoms with Crippen LogP contribution in [0.15, 0.2) is 35.5 Å². The van der Waals surface area contributed by atoms with Crippen molar-refractivity contribution in [2.75, 3.05) is 0 Å². The molecule has 4 saturated carbocycles. The van der Waals surface area contributed by atoms with Crippen molar-refractivity contribution in [2.24, 2.45) is 52.5 Å². The molecule has 4 bridgehead atoms. The van der Waals surface area contributed by atoms with Crippen molar-refractivity contribution in [2.45, 2.75) is 159 Å². The summed E-state index contributed by atoms with van der Waals surface area (Å²) in [5.74, 6) is 2.24. The summed E-state index contributed by atoms with van der Waals surface area (Å²) in [6.07, 6.45) is 10.1. The number of ether oxygens (including phenoxy) is 2. The summed E-state index contributed by atoms with van der Waals surface area (Å²) in [5.41, 5.74) is -0.416. The molecule has 50 heavy (non-hydrogen) atoms. The molecule has 10 fully saturated rings. The molecule has 16 atom stereocenters. The van der Waals surface area contributed by atoms with E-state index in [2.05, 4.69) is 41.5 Å². The summed E-state index contributed by atoms with van der Waals surface area (Å²) in [6, 6.07) is 9.11. The maximum Gasteiger partial charge on any atom is 0.365 e. The molecule has 4 aliphatic carbocycles. The first-order chi connectivity index (χ1) is 24.0. The van der Waals surface area contributed by atoms with Gasteiger partial charge in [-0.25, -0.2) is 24.3 Å². The molecule has 0 unspecified atom stereocenters. The quantitative estimate of drug-likeness (QED) is 0.133. The van der Waals surface area contributed by atoms with Crippen molar-refractivity contribution in [3.8, 4) is 0 Å². The number of oxime groups is 1. The van der Waals surface area contributed by atoms with Gasteiger partial charge in [0.25, 0.3) is 0 Å². The lowest BCUT2D eigenvalue weighted by Gasteiger charge is -2.62. The summed E-state index contributed by atoms with van der Waals surface area (Å²) in [5, 5.41) is 4.77. The third-order valence-corrected chi connectivity index (χ3v) is 15.5. The van der Waals surface area contributed by atoms with Crippen molar-refractivity contribution in [3.63, 3.8) is 0 Å². The van der Waals surface area contributed by atoms with E-state index in [1.165, 1.54) is 6.42 Å². The minimum absolute atomic E-state index is 0.0625. The van der Waals surface area contributed by atoms with Gasteiger partial charge < -0.3 is 14.3 Å². The highest BCUT2D eigenvalue weighted by Gasteiger charge is 2.70. The van der Waals surface area contributed by atoms with E-state index in [9.17, 15) is 4.79 Å². The first-order valence-electron chi connectivity index (χ1n) is 19.8. The van der Waals surface area contributed by atoms with Gasteiger partial charge in [0, 0.05) is 19.3 Å². The van der Waals surface area contributed by atoms with E-state index in [0.29, 0.717) is 41.6 Å². The zero-order valence-electron chi connectivity index (χ0n) is 30.8. The standard InChI is InChI=1S/C41H57NO8/c1-23-12-14-30-25(3)33(44-34-21-38(5)18-16-28(23)40(30,34)49-47-38)20-32(42-46-37(43)27-10-8-7-9-11-27)36-26(4)31-15-13-24(2)29-17-19-39(6)22-35(45-36)41(29,31)50-48-39/h7-11,23-26,28-31,33-36H,12-22H2,1-6H3/b42-32-/t23-,24-,25-,26-,28+,29+,30+,31+,33-,34-,35-,36+,38+,39+,40-,41-/m1/s1. The van der Waals surface area contributed by atoms with Crippen molar-refractivity contribution < 1.29 is 38.7 Å². The van der Waals surface area contributed by atoms with Gasteiger partial charge in [-0.15, -0.1) is 0 Å². The summed E-state index contributed by atoms with van der Waals surface area (Å²) in [7, 11) is 0. The molecule has 0 radical (unpaired) electrons. The molecule has 9 nitrogen and oxygen atoms in total. The van der Waals surface area contributed by atoms with Crippen LogP contribution < -0.4 is 0 Å². The van der Waals surface area contributed by atoms with Gasteiger partial charge in [0.15, 0.2) is 0 Å². The number of hydrogen-bond acceptors (Lipinski definition) is 9. The largest absolute Gasteiger partial charge is 0.371 e. The van der Waals surface area contributed by atoms with E-state index in [-0.39, 0.29) is 53.4 Å². The lowest BCUT2D eigenvalue weighted by molar-refractivity contribution is -0.487. The first kappa shape index (κ1) is 33.9. The maximum absolute atomic E-state index is 13.3. The van der Waals surface area contributed by atoms with E-state index >= 15 is 0 Å². The molecule has 1 aromatic rings. The molecular formula is C41H57NO8. The van der Waals surface area contributed by atoms with Crippen LogP contribution in [-0.4, -0.2) is 58.5 Å². The lowest BCUT2D eigenvalue weighted by atomic mass is 9.55. The molecule has 6 saturated heterocycles. The topological polar surface area (TPSA) is 94.0 Å². The molecule has 0 aromatic heterocycles. The Hall–Kier alpha value is -1.88. The summed E-state index contributed by atoms with van der Waals surface area (Å²) in [4.78, 5) is 44.9. The van der Waals surface area contributed by atoms with Gasteiger partial charge >= 0.3 is 5.97 Å². The highest BCUT2D eigenvalue weighted by molar-refractivity contribution is 5.92. The third-order valence-electron chi connectivity index (χ3n) is 15.5. The normalized spacial score (nSPS) is 52.3. The second kappa shape index (κ2) is 12.1. The summed E-state index contributed by atoms with van der Waals surface area (Å²) in [6.45, 7) is 13.7. The first-order valence-corrected chi connectivity index (χ1v) is 19.8. The molecule has 0 amide bonds. The highest BCUT2D eigenvalue weighted by atomic mass is 17.2. The van der Waals surface area contributed by atoms with E-state index in [1.54, 1.807) is 12.1 Å². The third kappa shape index (κ3) is 4.99. The van der Waals surface area contributed by atoms with Gasteiger partial charge in [0.2, 0.25) is 0 Å². The molecule has 9 heteroatoms. The molecule has 11 rings (SSSR count). The second-order valence-electron chi connectivity index (χ2n) is 18.4. The van der Waals surface area contributed by atoms with Crippen molar-refractivity contribution in [1.29, 1.82) is 0 Å². The lowest BCUT2D eigenvalue weighted by Crippen LogP contribution is -2.71. The van der Waals surface area contributed by atoms with Crippen LogP contribution in [0.4, 0.5) is 0 Å². The van der Waals surface area contributed by atoms with Gasteiger partial charge in [-0.3, -0.25) is 0 Å². The SMILES string of the molecule is C[C@H]1[C@@H](/C(C[C@H]2O[C@@H]3C[C@]4(C)CC[C@H]5[C@H](C)CC[C@@H]([C@H]2C)[C@@]35OO4)=N\OC(=O)c2ccccc2)O[C@@H]2C[C@]3(C)CC[C@H]4[C@H](C)CC[C@@H]1[C@@]24OO3. The highest BCUT2D eigenvalue weighted by Crippen LogP contribution is 2.63. The van der Waals surface area contributed by atoms with Gasteiger partial charge in [-0.05, 0) is 125 Å². The van der Waals surface area contributed by atoms with Crippen molar-refractivity contribution in [1.82, 2.24) is 0 Å². The molecule has 1 aromatic carbocycles. The summed E-state index contributed by atoms with van der Waals surface area (Å²) < 4.78 is 14.6. The number of hydrogen-bond donors (Lipinski definition) is 0. The fraction of sp³-hybridized carbons (Fsp3) is 0.805. The molecule has 2 spiro atoms. The Balaban J connectivity index is 1.07. The van der Waals surface area contributed by atoms with Gasteiger partial charge in [-0.2, -0.15) is 0 Å². The van der Waals surface area contributed by atoms with Crippen LogP contribution in [0.25, 0.3) is 0 Å². The summed E-state index contributed by atoms with van der Waals surface area (Å²) >= 11 is 0. The van der Waals surface area contributed by atoms with Crippen LogP contribution in [0.2, 0.25) is 0 Å². The molecule has 0 N–H and O–H groups in total. The van der Waals surface area contributed by atoms with Crippen LogP contribution in [0, 0.1) is 47.3 Å². The van der Waals surface area contributed by atoms with E-state index in [1.807, 2.05) is 18.2 Å². The Kier molecular flexibility index (Phi) is 8.19. The number of benzene rings is 1. The number of carbonyl (C=O) groups is 1. The van der Waals surface area contributed by atoms with Crippen LogP contribution in [0.3, 0.4) is 0 Å². The second-order valence-corrected chi connectivity index (χ2v) is 18.4. The number of fused-ring (bicyclic) bond motifs is 4. The molecule has 6 aliphatic heterocycles. The van der Waals surface area contributed by atoms with Crippen molar-refractivity contribution in [3.05, 3.63) is 35.9 Å².